The van der Waals surface area contributed by atoms with E-state index in [2.05, 4.69) is 63.2 Å². The molecule has 0 spiro atoms. The van der Waals surface area contributed by atoms with Crippen LogP contribution < -0.4 is 4.90 Å². The zero-order valence-electron chi connectivity index (χ0n) is 16.8. The van der Waals surface area contributed by atoms with Crippen LogP contribution in [0.2, 0.25) is 5.02 Å². The molecule has 0 aliphatic carbocycles. The van der Waals surface area contributed by atoms with E-state index in [0.29, 0.717) is 0 Å². The highest BCUT2D eigenvalue weighted by molar-refractivity contribution is 6.30. The van der Waals surface area contributed by atoms with Crippen LogP contribution in [-0.4, -0.2) is 61.7 Å². The number of nitrogens with zero attached hydrogens (tertiary/aromatic N) is 3. The number of benzene rings is 2. The molecule has 3 nitrogen and oxygen atoms in total. The second kappa shape index (κ2) is 9.78. The van der Waals surface area contributed by atoms with Crippen molar-refractivity contribution in [3.05, 3.63) is 65.2 Å². The van der Waals surface area contributed by atoms with Crippen LogP contribution in [0.5, 0.6) is 0 Å². The first-order valence-electron chi connectivity index (χ1n) is 10.8. The van der Waals surface area contributed by atoms with Crippen molar-refractivity contribution >= 4 is 17.3 Å². The molecule has 2 heterocycles. The van der Waals surface area contributed by atoms with Gasteiger partial charge in [-0.3, -0.25) is 4.90 Å². The Balaban J connectivity index is 1.22. The van der Waals surface area contributed by atoms with Gasteiger partial charge in [0.2, 0.25) is 0 Å². The molecular formula is C24H32ClN3. The van der Waals surface area contributed by atoms with Crippen LogP contribution in [0.1, 0.15) is 24.8 Å². The van der Waals surface area contributed by atoms with Crippen LogP contribution in [0.4, 0.5) is 5.69 Å². The summed E-state index contributed by atoms with van der Waals surface area (Å²) < 4.78 is 0. The zero-order chi connectivity index (χ0) is 19.2. The van der Waals surface area contributed by atoms with Crippen LogP contribution in [0.3, 0.4) is 0 Å². The van der Waals surface area contributed by atoms with Crippen LogP contribution in [0.25, 0.3) is 0 Å². The number of piperidine rings is 1. The van der Waals surface area contributed by atoms with Gasteiger partial charge in [0, 0.05) is 49.5 Å². The van der Waals surface area contributed by atoms with E-state index in [1.165, 1.54) is 56.6 Å². The van der Waals surface area contributed by atoms with Crippen LogP contribution in [0.15, 0.2) is 54.6 Å². The van der Waals surface area contributed by atoms with Gasteiger partial charge in [0.15, 0.2) is 0 Å². The first-order valence-corrected chi connectivity index (χ1v) is 11.2. The van der Waals surface area contributed by atoms with Gasteiger partial charge in [-0.2, -0.15) is 0 Å². The average molecular weight is 398 g/mol. The van der Waals surface area contributed by atoms with Crippen molar-refractivity contribution in [2.75, 3.05) is 50.7 Å². The number of anilines is 1. The first-order chi connectivity index (χ1) is 13.8. The average Bonchev–Trinajstić information content (AvgIpc) is 2.75. The minimum absolute atomic E-state index is 0.729. The molecule has 0 radical (unpaired) electrons. The van der Waals surface area contributed by atoms with Crippen LogP contribution >= 0.6 is 11.6 Å². The third-order valence-corrected chi connectivity index (χ3v) is 6.50. The maximum absolute atomic E-state index is 6.17. The summed E-state index contributed by atoms with van der Waals surface area (Å²) in [6.07, 6.45) is 5.15. The van der Waals surface area contributed by atoms with Gasteiger partial charge >= 0.3 is 0 Å². The normalized spacial score (nSPS) is 21.8. The van der Waals surface area contributed by atoms with Crippen molar-refractivity contribution < 1.29 is 0 Å². The van der Waals surface area contributed by atoms with E-state index in [-0.39, 0.29) is 0 Å². The number of likely N-dealkylation sites (tertiary alicyclic amines) is 1. The molecule has 2 aliphatic rings. The topological polar surface area (TPSA) is 9.72 Å². The predicted octanol–water partition coefficient (Wildman–Crippen LogP) is 4.56. The smallest absolute Gasteiger partial charge is 0.0426 e. The Labute approximate surface area is 174 Å². The highest BCUT2D eigenvalue weighted by atomic mass is 35.5. The minimum Gasteiger partial charge on any atom is -0.369 e. The Morgan fingerprint density at radius 3 is 2.50 bits per heavy atom. The third kappa shape index (κ3) is 5.28. The minimum atomic E-state index is 0.729. The van der Waals surface area contributed by atoms with Gasteiger partial charge in [0.1, 0.15) is 0 Å². The molecule has 2 saturated heterocycles. The Kier molecular flexibility index (Phi) is 6.90. The molecule has 4 heteroatoms. The van der Waals surface area contributed by atoms with Gasteiger partial charge < -0.3 is 9.80 Å². The van der Waals surface area contributed by atoms with Crippen molar-refractivity contribution in [1.29, 1.82) is 0 Å². The molecular weight excluding hydrogens is 366 g/mol. The summed E-state index contributed by atoms with van der Waals surface area (Å²) in [5, 5.41) is 0.832. The fourth-order valence-corrected chi connectivity index (χ4v) is 4.89. The van der Waals surface area contributed by atoms with Gasteiger partial charge in [-0.1, -0.05) is 48.0 Å². The number of hydrogen-bond donors (Lipinski definition) is 0. The second-order valence-corrected chi connectivity index (χ2v) is 8.63. The van der Waals surface area contributed by atoms with E-state index >= 15 is 0 Å². The SMILES string of the molecule is Clc1cccc(N2CCN([C@@H]3CCCN(CCCc4ccccc4)C3)CC2)c1. The summed E-state index contributed by atoms with van der Waals surface area (Å²) >= 11 is 6.17. The molecule has 28 heavy (non-hydrogen) atoms. The maximum Gasteiger partial charge on any atom is 0.0426 e. The number of halogens is 1. The van der Waals surface area contributed by atoms with E-state index in [1.807, 2.05) is 6.07 Å². The Hall–Kier alpha value is -1.55. The van der Waals surface area contributed by atoms with Gasteiger partial charge in [-0.15, -0.1) is 0 Å². The second-order valence-electron chi connectivity index (χ2n) is 8.19. The Morgan fingerprint density at radius 1 is 0.893 bits per heavy atom. The summed E-state index contributed by atoms with van der Waals surface area (Å²) in [5.74, 6) is 0. The van der Waals surface area contributed by atoms with Crippen molar-refractivity contribution in [2.24, 2.45) is 0 Å². The molecule has 2 fully saturated rings. The molecule has 2 aromatic rings. The van der Waals surface area contributed by atoms with E-state index in [1.54, 1.807) is 0 Å². The lowest BCUT2D eigenvalue weighted by molar-refractivity contribution is 0.0920. The summed E-state index contributed by atoms with van der Waals surface area (Å²) in [6, 6.07) is 19.9. The number of aryl methyl sites for hydroxylation is 1. The van der Waals surface area contributed by atoms with Gasteiger partial charge in [0.25, 0.3) is 0 Å². The van der Waals surface area contributed by atoms with Crippen molar-refractivity contribution in [1.82, 2.24) is 9.80 Å². The van der Waals surface area contributed by atoms with E-state index < -0.39 is 0 Å². The molecule has 0 bridgehead atoms. The van der Waals surface area contributed by atoms with Gasteiger partial charge in [-0.25, -0.2) is 0 Å². The molecule has 1 atom stereocenters. The van der Waals surface area contributed by atoms with Gasteiger partial charge in [0.05, 0.1) is 0 Å². The molecule has 0 unspecified atom stereocenters. The summed E-state index contributed by atoms with van der Waals surface area (Å²) in [4.78, 5) is 7.90. The molecule has 2 aromatic carbocycles. The summed E-state index contributed by atoms with van der Waals surface area (Å²) in [6.45, 7) is 8.27. The number of hydrogen-bond acceptors (Lipinski definition) is 3. The first kappa shape index (κ1) is 19.8. The molecule has 0 N–H and O–H groups in total. The Bertz CT molecular complexity index is 728. The molecule has 0 amide bonds. The van der Waals surface area contributed by atoms with E-state index in [9.17, 15) is 0 Å². The van der Waals surface area contributed by atoms with E-state index in [4.69, 9.17) is 11.6 Å². The highest BCUT2D eigenvalue weighted by Crippen LogP contribution is 2.23. The number of piperazine rings is 1. The Morgan fingerprint density at radius 2 is 1.71 bits per heavy atom. The highest BCUT2D eigenvalue weighted by Gasteiger charge is 2.28. The third-order valence-electron chi connectivity index (χ3n) is 6.27. The monoisotopic (exact) mass is 397 g/mol. The summed E-state index contributed by atoms with van der Waals surface area (Å²) in [7, 11) is 0. The van der Waals surface area contributed by atoms with Crippen molar-refractivity contribution in [3.8, 4) is 0 Å². The quantitative estimate of drug-likeness (QED) is 0.707. The molecule has 0 saturated carbocycles. The molecule has 150 valence electrons. The number of rotatable bonds is 6. The van der Waals surface area contributed by atoms with Crippen molar-refractivity contribution in [2.45, 2.75) is 31.7 Å². The fourth-order valence-electron chi connectivity index (χ4n) is 4.70. The predicted molar refractivity (Wildman–Crippen MR) is 119 cm³/mol. The zero-order valence-corrected chi connectivity index (χ0v) is 17.5. The van der Waals surface area contributed by atoms with E-state index in [0.717, 1.165) is 37.2 Å². The van der Waals surface area contributed by atoms with Gasteiger partial charge in [-0.05, 0) is 62.5 Å². The molecule has 0 aromatic heterocycles. The van der Waals surface area contributed by atoms with Crippen LogP contribution in [-0.2, 0) is 6.42 Å². The lowest BCUT2D eigenvalue weighted by Gasteiger charge is -2.44. The lowest BCUT2D eigenvalue weighted by Crippen LogP contribution is -2.55. The van der Waals surface area contributed by atoms with Crippen molar-refractivity contribution in [3.63, 3.8) is 0 Å². The van der Waals surface area contributed by atoms with Crippen LogP contribution in [0, 0.1) is 0 Å². The lowest BCUT2D eigenvalue weighted by atomic mass is 10.0. The summed E-state index contributed by atoms with van der Waals surface area (Å²) in [5.41, 5.74) is 2.73. The fraction of sp³-hybridized carbons (Fsp3) is 0.500. The molecule has 4 rings (SSSR count). The standard InChI is InChI=1S/C24H32ClN3/c25-22-10-4-11-23(19-22)27-15-17-28(18-16-27)24-12-6-14-26(20-24)13-5-9-21-7-2-1-3-8-21/h1-4,7-8,10-11,19,24H,5-6,9,12-18,20H2/t24-/m1/s1. The maximum atomic E-state index is 6.17. The largest absolute Gasteiger partial charge is 0.369 e. The molecule has 2 aliphatic heterocycles.